The minimum atomic E-state index is 0. The number of rotatable bonds is 7. The largest absolute Gasteiger partial charge is 0.507 e. The molecule has 0 unspecified atom stereocenters. The van der Waals surface area contributed by atoms with E-state index in [-0.39, 0.29) is 31.0 Å². The van der Waals surface area contributed by atoms with Crippen LogP contribution in [0, 0.1) is 13.8 Å². The van der Waals surface area contributed by atoms with Crippen LogP contribution in [-0.4, -0.2) is 21.6 Å². The molecule has 0 fully saturated rings. The van der Waals surface area contributed by atoms with Crippen molar-refractivity contribution in [3.05, 3.63) is 179 Å². The summed E-state index contributed by atoms with van der Waals surface area (Å²) in [6.07, 6.45) is 0. The fraction of sp³-hybridized carbons (Fsp3) is 0.0500. The van der Waals surface area contributed by atoms with E-state index in [9.17, 15) is 10.2 Å². The molecule has 0 aliphatic heterocycles. The van der Waals surface area contributed by atoms with Crippen LogP contribution >= 0.6 is 0 Å². The quantitative estimate of drug-likeness (QED) is 0.135. The molecule has 0 radical (unpaired) electrons. The van der Waals surface area contributed by atoms with Crippen molar-refractivity contribution in [3.63, 3.8) is 0 Å². The van der Waals surface area contributed by atoms with E-state index in [0.717, 1.165) is 44.8 Å². The second-order valence-corrected chi connectivity index (χ2v) is 10.7. The second-order valence-electron chi connectivity index (χ2n) is 10.7. The fourth-order valence-corrected chi connectivity index (χ4v) is 5.27. The molecule has 0 saturated carbocycles. The van der Waals surface area contributed by atoms with Crippen molar-refractivity contribution in [2.75, 3.05) is 0 Å². The molecular formula is C40H32N2O2Zn. The topological polar surface area (TPSA) is 65.2 Å². The maximum atomic E-state index is 10.9. The van der Waals surface area contributed by atoms with Crippen molar-refractivity contribution in [3.8, 4) is 22.6 Å². The molecule has 0 atom stereocenters. The predicted octanol–water partition coefficient (Wildman–Crippen LogP) is 9.72. The predicted molar refractivity (Wildman–Crippen MR) is 181 cm³/mol. The molecule has 216 valence electrons. The summed E-state index contributed by atoms with van der Waals surface area (Å²) in [7, 11) is 0. The number of nitrogens with zero attached hydrogens (tertiary/aromatic N) is 2. The SMILES string of the molecule is Cc1ccc(O)c(C(=Nc2ccccc2-c2ccccc2N=C(c2ccccc2)c2cc(C)ccc2O)c2ccccc2)c1.[Zn]. The maximum Gasteiger partial charge on any atom is 0.125 e. The number of hydrogen-bond acceptors (Lipinski definition) is 4. The minimum absolute atomic E-state index is 0. The Morgan fingerprint density at radius 3 is 1.20 bits per heavy atom. The average molecular weight is 638 g/mol. The van der Waals surface area contributed by atoms with Gasteiger partial charge in [0, 0.05) is 52.9 Å². The zero-order valence-corrected chi connectivity index (χ0v) is 28.3. The van der Waals surface area contributed by atoms with Gasteiger partial charge in [0.05, 0.1) is 22.8 Å². The molecule has 0 aliphatic carbocycles. The summed E-state index contributed by atoms with van der Waals surface area (Å²) < 4.78 is 0. The summed E-state index contributed by atoms with van der Waals surface area (Å²) in [5, 5.41) is 21.8. The molecular weight excluding hydrogens is 606 g/mol. The van der Waals surface area contributed by atoms with Crippen molar-refractivity contribution < 1.29 is 29.7 Å². The van der Waals surface area contributed by atoms with Crippen LogP contribution < -0.4 is 0 Å². The number of aliphatic imine (C=N–C) groups is 2. The van der Waals surface area contributed by atoms with Crippen LogP contribution in [-0.2, 0) is 19.5 Å². The number of benzene rings is 6. The number of hydrogen-bond donors (Lipinski definition) is 2. The number of aryl methyl sites for hydroxylation is 2. The van der Waals surface area contributed by atoms with Crippen LogP contribution in [0.1, 0.15) is 33.4 Å². The van der Waals surface area contributed by atoms with E-state index in [2.05, 4.69) is 0 Å². The molecule has 2 N–H and O–H groups in total. The number of para-hydroxylation sites is 2. The van der Waals surface area contributed by atoms with Gasteiger partial charge in [0.15, 0.2) is 0 Å². The molecule has 0 saturated heterocycles. The van der Waals surface area contributed by atoms with Crippen molar-refractivity contribution in [2.45, 2.75) is 13.8 Å². The van der Waals surface area contributed by atoms with Crippen LogP contribution in [0.15, 0.2) is 156 Å². The fourth-order valence-electron chi connectivity index (χ4n) is 5.27. The number of phenols is 2. The molecule has 0 spiro atoms. The van der Waals surface area contributed by atoms with E-state index >= 15 is 0 Å². The summed E-state index contributed by atoms with van der Waals surface area (Å²) in [5.41, 5.74) is 9.82. The smallest absolute Gasteiger partial charge is 0.125 e. The third kappa shape index (κ3) is 7.01. The summed E-state index contributed by atoms with van der Waals surface area (Å²) in [4.78, 5) is 10.4. The molecule has 0 heterocycles. The molecule has 0 bridgehead atoms. The number of aromatic hydroxyl groups is 2. The van der Waals surface area contributed by atoms with Crippen molar-refractivity contribution in [2.24, 2.45) is 9.98 Å². The summed E-state index contributed by atoms with van der Waals surface area (Å²) in [6, 6.07) is 46.9. The summed E-state index contributed by atoms with van der Waals surface area (Å²) >= 11 is 0. The van der Waals surface area contributed by atoms with Gasteiger partial charge in [-0.05, 0) is 50.2 Å². The van der Waals surface area contributed by atoms with Gasteiger partial charge in [-0.2, -0.15) is 0 Å². The molecule has 0 aromatic heterocycles. The first-order chi connectivity index (χ1) is 21.5. The second kappa shape index (κ2) is 14.1. The normalized spacial score (nSPS) is 11.6. The Morgan fingerprint density at radius 2 is 0.800 bits per heavy atom. The Hall–Kier alpha value is -5.12. The third-order valence-electron chi connectivity index (χ3n) is 7.47. The molecule has 0 aliphatic rings. The molecule has 5 heteroatoms. The Labute approximate surface area is 276 Å². The zero-order valence-electron chi connectivity index (χ0n) is 25.4. The van der Waals surface area contributed by atoms with Crippen molar-refractivity contribution >= 4 is 22.8 Å². The maximum absolute atomic E-state index is 10.9. The van der Waals surface area contributed by atoms with Gasteiger partial charge in [0.1, 0.15) is 11.5 Å². The van der Waals surface area contributed by atoms with E-state index < -0.39 is 0 Å². The van der Waals surface area contributed by atoms with E-state index in [4.69, 9.17) is 9.98 Å². The molecule has 4 nitrogen and oxygen atoms in total. The van der Waals surface area contributed by atoms with Crippen molar-refractivity contribution in [1.82, 2.24) is 0 Å². The van der Waals surface area contributed by atoms with Gasteiger partial charge in [-0.1, -0.05) is 120 Å². The van der Waals surface area contributed by atoms with Crippen molar-refractivity contribution in [1.29, 1.82) is 0 Å². The Kier molecular flexibility index (Phi) is 9.82. The van der Waals surface area contributed by atoms with Crippen LogP contribution in [0.3, 0.4) is 0 Å². The van der Waals surface area contributed by atoms with Gasteiger partial charge in [0.2, 0.25) is 0 Å². The third-order valence-corrected chi connectivity index (χ3v) is 7.47. The Morgan fingerprint density at radius 1 is 0.444 bits per heavy atom. The van der Waals surface area contributed by atoms with Crippen LogP contribution in [0.2, 0.25) is 0 Å². The van der Waals surface area contributed by atoms with E-state index in [1.807, 2.05) is 147 Å². The van der Waals surface area contributed by atoms with Gasteiger partial charge < -0.3 is 10.2 Å². The molecule has 45 heavy (non-hydrogen) atoms. The Bertz CT molecular complexity index is 1850. The van der Waals surface area contributed by atoms with Gasteiger partial charge in [-0.25, -0.2) is 9.98 Å². The van der Waals surface area contributed by atoms with Gasteiger partial charge >= 0.3 is 0 Å². The minimum Gasteiger partial charge on any atom is -0.507 e. The number of phenolic OH excluding ortho intramolecular Hbond substituents is 2. The van der Waals surface area contributed by atoms with Crippen LogP contribution in [0.25, 0.3) is 11.1 Å². The average Bonchev–Trinajstić information content (AvgIpc) is 3.06. The molecule has 6 aromatic carbocycles. The molecule has 6 rings (SSSR count). The summed E-state index contributed by atoms with van der Waals surface area (Å²) in [5.74, 6) is 0.345. The first-order valence-electron chi connectivity index (χ1n) is 14.5. The first-order valence-corrected chi connectivity index (χ1v) is 14.5. The van der Waals surface area contributed by atoms with Gasteiger partial charge in [-0.15, -0.1) is 0 Å². The first kappa shape index (κ1) is 31.3. The van der Waals surface area contributed by atoms with E-state index in [1.54, 1.807) is 12.1 Å². The monoisotopic (exact) mass is 636 g/mol. The van der Waals surface area contributed by atoms with Crippen LogP contribution in [0.4, 0.5) is 11.4 Å². The molecule has 6 aromatic rings. The standard InChI is InChI=1S/C40H32N2O2.Zn/c1-27-21-23-37(43)33(25-27)39(29-13-5-3-6-14-29)41-35-19-11-9-17-31(35)32-18-10-12-20-36(32)42-40(30-15-7-4-8-16-30)34-26-28(2)22-24-38(34)44;/h3-26,43-44H,1-2H3;. The van der Waals surface area contributed by atoms with Gasteiger partial charge in [0.25, 0.3) is 0 Å². The van der Waals surface area contributed by atoms with E-state index in [0.29, 0.717) is 22.6 Å². The van der Waals surface area contributed by atoms with Gasteiger partial charge in [-0.3, -0.25) is 0 Å². The van der Waals surface area contributed by atoms with Crippen LogP contribution in [0.5, 0.6) is 11.5 Å². The van der Waals surface area contributed by atoms with E-state index in [1.165, 1.54) is 0 Å². The zero-order chi connectivity index (χ0) is 30.5. The summed E-state index contributed by atoms with van der Waals surface area (Å²) in [6.45, 7) is 4.01. The molecule has 0 amide bonds. The Balaban J connectivity index is 0.00000400.